The zero-order chi connectivity index (χ0) is 19.7. The Morgan fingerprint density at radius 1 is 1.19 bits per heavy atom. The predicted molar refractivity (Wildman–Crippen MR) is 105 cm³/mol. The molecule has 1 N–H and O–H groups in total. The van der Waals surface area contributed by atoms with E-state index in [1.165, 1.54) is 4.31 Å². The average Bonchev–Trinajstić information content (AvgIpc) is 2.64. The van der Waals surface area contributed by atoms with Gasteiger partial charge in [-0.05, 0) is 43.2 Å². The molecule has 0 spiro atoms. The number of hydrogen-bond acceptors (Lipinski definition) is 5. The number of para-hydroxylation sites is 2. The summed E-state index contributed by atoms with van der Waals surface area (Å²) in [5.74, 6) is 0.380. The molecule has 2 rings (SSSR count). The summed E-state index contributed by atoms with van der Waals surface area (Å²) < 4.78 is 31.3. The third kappa shape index (κ3) is 6.56. The summed E-state index contributed by atoms with van der Waals surface area (Å²) in [5.41, 5.74) is 1.45. The van der Waals surface area contributed by atoms with Crippen LogP contribution in [-0.2, 0) is 21.4 Å². The number of carbonyl (C=O) groups is 1. The highest BCUT2D eigenvalue weighted by Crippen LogP contribution is 2.30. The van der Waals surface area contributed by atoms with Crippen LogP contribution in [0.5, 0.6) is 5.75 Å². The summed E-state index contributed by atoms with van der Waals surface area (Å²) in [6.45, 7) is 2.90. The molecule has 1 aromatic heterocycles. The Labute approximate surface area is 160 Å². The summed E-state index contributed by atoms with van der Waals surface area (Å²) in [4.78, 5) is 16.0. The second-order valence-electron chi connectivity index (χ2n) is 5.97. The molecule has 0 aliphatic rings. The lowest BCUT2D eigenvalue weighted by atomic mass is 10.2. The van der Waals surface area contributed by atoms with Crippen LogP contribution in [0.15, 0.2) is 48.8 Å². The van der Waals surface area contributed by atoms with Crippen molar-refractivity contribution < 1.29 is 17.9 Å². The van der Waals surface area contributed by atoms with E-state index >= 15 is 0 Å². The third-order valence-electron chi connectivity index (χ3n) is 3.84. The monoisotopic (exact) mass is 391 g/mol. The minimum atomic E-state index is -3.50. The molecule has 7 nitrogen and oxygen atoms in total. The molecule has 0 fully saturated rings. The number of nitrogens with zero attached hydrogens (tertiary/aromatic N) is 2. The van der Waals surface area contributed by atoms with E-state index in [0.29, 0.717) is 31.0 Å². The Balaban J connectivity index is 1.95. The first kappa shape index (κ1) is 20.7. The minimum Gasteiger partial charge on any atom is -0.492 e. The number of benzene rings is 1. The molecule has 0 aliphatic carbocycles. The smallest absolute Gasteiger partial charge is 0.232 e. The molecule has 8 heteroatoms. The number of aromatic nitrogens is 1. The summed E-state index contributed by atoms with van der Waals surface area (Å²) in [7, 11) is -3.50. The second-order valence-corrected chi connectivity index (χ2v) is 7.88. The third-order valence-corrected chi connectivity index (χ3v) is 5.02. The van der Waals surface area contributed by atoms with Gasteiger partial charge in [-0.1, -0.05) is 12.1 Å². The Morgan fingerprint density at radius 2 is 1.89 bits per heavy atom. The van der Waals surface area contributed by atoms with Gasteiger partial charge in [0.15, 0.2) is 0 Å². The van der Waals surface area contributed by atoms with Crippen molar-refractivity contribution in [3.8, 4) is 5.75 Å². The van der Waals surface area contributed by atoms with E-state index in [-0.39, 0.29) is 18.9 Å². The van der Waals surface area contributed by atoms with Crippen LogP contribution < -0.4 is 14.4 Å². The van der Waals surface area contributed by atoms with Crippen molar-refractivity contribution in [1.29, 1.82) is 0 Å². The van der Waals surface area contributed by atoms with E-state index in [0.717, 1.165) is 11.8 Å². The van der Waals surface area contributed by atoms with Crippen molar-refractivity contribution in [1.82, 2.24) is 10.3 Å². The lowest BCUT2D eigenvalue weighted by Crippen LogP contribution is -2.32. The quantitative estimate of drug-likeness (QED) is 0.672. The van der Waals surface area contributed by atoms with Gasteiger partial charge in [0.25, 0.3) is 0 Å². The van der Waals surface area contributed by atoms with Crippen molar-refractivity contribution in [3.63, 3.8) is 0 Å². The number of nitrogens with one attached hydrogen (secondary N) is 1. The minimum absolute atomic E-state index is 0.127. The van der Waals surface area contributed by atoms with Gasteiger partial charge in [0.1, 0.15) is 5.75 Å². The largest absolute Gasteiger partial charge is 0.492 e. The van der Waals surface area contributed by atoms with Crippen molar-refractivity contribution in [2.45, 2.75) is 26.3 Å². The molecule has 1 amide bonds. The Morgan fingerprint density at radius 3 is 2.56 bits per heavy atom. The maximum absolute atomic E-state index is 12.2. The van der Waals surface area contributed by atoms with Gasteiger partial charge < -0.3 is 10.1 Å². The van der Waals surface area contributed by atoms with Crippen molar-refractivity contribution in [2.75, 3.05) is 23.7 Å². The molecule has 146 valence electrons. The maximum Gasteiger partial charge on any atom is 0.232 e. The first-order chi connectivity index (χ1) is 12.9. The summed E-state index contributed by atoms with van der Waals surface area (Å²) in [6, 6.07) is 10.7. The molecule has 0 unspecified atom stereocenters. The first-order valence-electron chi connectivity index (χ1n) is 8.77. The lowest BCUT2D eigenvalue weighted by molar-refractivity contribution is -0.121. The zero-order valence-electron chi connectivity index (χ0n) is 15.6. The van der Waals surface area contributed by atoms with Crippen LogP contribution in [0, 0.1) is 0 Å². The fourth-order valence-electron chi connectivity index (χ4n) is 2.58. The van der Waals surface area contributed by atoms with E-state index in [2.05, 4.69) is 10.3 Å². The Bertz CT molecular complexity index is 841. The molecule has 27 heavy (non-hydrogen) atoms. The van der Waals surface area contributed by atoms with Gasteiger partial charge in [-0.15, -0.1) is 0 Å². The number of rotatable bonds is 10. The normalized spacial score (nSPS) is 11.0. The van der Waals surface area contributed by atoms with E-state index in [1.807, 2.05) is 19.1 Å². The van der Waals surface area contributed by atoms with Crippen LogP contribution in [0.4, 0.5) is 5.69 Å². The molecule has 1 aromatic carbocycles. The Kier molecular flexibility index (Phi) is 7.60. The standard InChI is InChI=1S/C19H25N3O4S/c1-3-26-18-8-5-4-7-17(18)22(27(2,24)25)14-6-9-19(23)21-15-16-10-12-20-13-11-16/h4-5,7-8,10-13H,3,6,9,14-15H2,1-2H3,(H,21,23). The maximum atomic E-state index is 12.2. The lowest BCUT2D eigenvalue weighted by Gasteiger charge is -2.24. The number of anilines is 1. The van der Waals surface area contributed by atoms with Crippen LogP contribution >= 0.6 is 0 Å². The molecule has 0 bridgehead atoms. The molecular formula is C19H25N3O4S. The molecule has 0 radical (unpaired) electrons. The van der Waals surface area contributed by atoms with Gasteiger partial charge in [-0.3, -0.25) is 14.1 Å². The second kappa shape index (κ2) is 9.91. The van der Waals surface area contributed by atoms with E-state index in [4.69, 9.17) is 4.74 Å². The number of amides is 1. The summed E-state index contributed by atoms with van der Waals surface area (Å²) >= 11 is 0. The van der Waals surface area contributed by atoms with E-state index in [9.17, 15) is 13.2 Å². The van der Waals surface area contributed by atoms with Crippen molar-refractivity contribution in [3.05, 3.63) is 54.4 Å². The fraction of sp³-hybridized carbons (Fsp3) is 0.368. The topological polar surface area (TPSA) is 88.6 Å². The van der Waals surface area contributed by atoms with Crippen LogP contribution in [-0.4, -0.2) is 38.7 Å². The summed E-state index contributed by atoms with van der Waals surface area (Å²) in [6.07, 6.45) is 5.12. The number of ether oxygens (including phenoxy) is 1. The SMILES string of the molecule is CCOc1ccccc1N(CCCC(=O)NCc1ccncc1)S(C)(=O)=O. The molecule has 0 atom stereocenters. The molecule has 2 aromatic rings. The molecule has 0 saturated heterocycles. The van der Waals surface area contributed by atoms with Crippen LogP contribution in [0.2, 0.25) is 0 Å². The van der Waals surface area contributed by atoms with Crippen molar-refractivity contribution >= 4 is 21.6 Å². The van der Waals surface area contributed by atoms with Crippen LogP contribution in [0.3, 0.4) is 0 Å². The molecule has 0 aliphatic heterocycles. The van der Waals surface area contributed by atoms with Crippen LogP contribution in [0.1, 0.15) is 25.3 Å². The molecule has 0 saturated carbocycles. The fourth-order valence-corrected chi connectivity index (χ4v) is 3.55. The van der Waals surface area contributed by atoms with Gasteiger partial charge in [-0.25, -0.2) is 8.42 Å². The average molecular weight is 391 g/mol. The number of sulfonamides is 1. The zero-order valence-corrected chi connectivity index (χ0v) is 16.4. The van der Waals surface area contributed by atoms with Crippen LogP contribution in [0.25, 0.3) is 0 Å². The predicted octanol–water partition coefficient (Wildman–Crippen LogP) is 2.34. The number of hydrogen-bond donors (Lipinski definition) is 1. The molecular weight excluding hydrogens is 366 g/mol. The highest BCUT2D eigenvalue weighted by atomic mass is 32.2. The number of carbonyl (C=O) groups excluding carboxylic acids is 1. The summed E-state index contributed by atoms with van der Waals surface area (Å²) in [5, 5.41) is 2.82. The van der Waals surface area contributed by atoms with E-state index in [1.54, 1.807) is 36.7 Å². The highest BCUT2D eigenvalue weighted by molar-refractivity contribution is 7.92. The van der Waals surface area contributed by atoms with Gasteiger partial charge in [0.2, 0.25) is 15.9 Å². The molecule has 1 heterocycles. The van der Waals surface area contributed by atoms with Crippen molar-refractivity contribution in [2.24, 2.45) is 0 Å². The number of pyridine rings is 1. The highest BCUT2D eigenvalue weighted by Gasteiger charge is 2.21. The van der Waals surface area contributed by atoms with Gasteiger partial charge in [-0.2, -0.15) is 0 Å². The van der Waals surface area contributed by atoms with Gasteiger partial charge in [0, 0.05) is 31.9 Å². The van der Waals surface area contributed by atoms with Gasteiger partial charge >= 0.3 is 0 Å². The van der Waals surface area contributed by atoms with E-state index < -0.39 is 10.0 Å². The first-order valence-corrected chi connectivity index (χ1v) is 10.6. The van der Waals surface area contributed by atoms with Gasteiger partial charge in [0.05, 0.1) is 18.6 Å². The Hall–Kier alpha value is -2.61.